The minimum atomic E-state index is 0.373. The highest BCUT2D eigenvalue weighted by Gasteiger charge is 2.16. The summed E-state index contributed by atoms with van der Waals surface area (Å²) in [7, 11) is 0. The molecule has 0 saturated carbocycles. The second kappa shape index (κ2) is 6.28. The number of nitrogens with zero attached hydrogens (tertiary/aromatic N) is 4. The van der Waals surface area contributed by atoms with Gasteiger partial charge in [0.05, 0.1) is 17.6 Å². The molecule has 0 aliphatic rings. The first kappa shape index (κ1) is 15.2. The molecule has 4 rings (SSSR count). The van der Waals surface area contributed by atoms with E-state index in [1.165, 1.54) is 5.56 Å². The number of benzene rings is 2. The molecule has 0 radical (unpaired) electrons. The maximum atomic E-state index is 5.83. The van der Waals surface area contributed by atoms with Crippen molar-refractivity contribution in [2.75, 3.05) is 0 Å². The Balaban J connectivity index is 1.76. The molecular weight excluding hydrogens is 312 g/mol. The smallest absolute Gasteiger partial charge is 0.268 e. The number of rotatable bonds is 3. The van der Waals surface area contributed by atoms with Gasteiger partial charge < -0.3 is 4.42 Å². The summed E-state index contributed by atoms with van der Waals surface area (Å²) in [5, 5.41) is 8.29. The summed E-state index contributed by atoms with van der Waals surface area (Å²) in [6, 6.07) is 17.8. The van der Waals surface area contributed by atoms with Gasteiger partial charge in [0.15, 0.2) is 0 Å². The van der Waals surface area contributed by atoms with Crippen LogP contribution in [0.4, 0.5) is 0 Å². The molecule has 0 N–H and O–H groups in total. The fourth-order valence-corrected chi connectivity index (χ4v) is 2.61. The molecule has 0 bridgehead atoms. The Kier molecular flexibility index (Phi) is 3.82. The van der Waals surface area contributed by atoms with E-state index >= 15 is 0 Å². The van der Waals surface area contributed by atoms with Crippen molar-refractivity contribution in [3.8, 4) is 34.3 Å². The van der Waals surface area contributed by atoms with E-state index in [2.05, 4.69) is 34.2 Å². The van der Waals surface area contributed by atoms with Crippen LogP contribution in [0.25, 0.3) is 34.3 Å². The van der Waals surface area contributed by atoms with Gasteiger partial charge in [-0.15, -0.1) is 10.2 Å². The third-order valence-electron chi connectivity index (χ3n) is 3.92. The molecular formula is C20H16N4O. The van der Waals surface area contributed by atoms with Gasteiger partial charge in [-0.2, -0.15) is 0 Å². The van der Waals surface area contributed by atoms with E-state index in [9.17, 15) is 0 Å². The molecule has 0 aliphatic carbocycles. The number of aromatic nitrogens is 4. The molecule has 0 spiro atoms. The van der Waals surface area contributed by atoms with Gasteiger partial charge in [0.25, 0.3) is 5.89 Å². The monoisotopic (exact) mass is 328 g/mol. The molecule has 5 nitrogen and oxygen atoms in total. The lowest BCUT2D eigenvalue weighted by Crippen LogP contribution is -1.95. The fraction of sp³-hybridized carbons (Fsp3) is 0.100. The van der Waals surface area contributed by atoms with Crippen LogP contribution in [0.1, 0.15) is 11.3 Å². The van der Waals surface area contributed by atoms with Crippen molar-refractivity contribution in [3.63, 3.8) is 0 Å². The van der Waals surface area contributed by atoms with E-state index in [-0.39, 0.29) is 0 Å². The minimum absolute atomic E-state index is 0.373. The molecule has 4 aromatic rings. The predicted molar refractivity (Wildman–Crippen MR) is 95.7 cm³/mol. The van der Waals surface area contributed by atoms with E-state index in [1.54, 1.807) is 6.20 Å². The van der Waals surface area contributed by atoms with E-state index in [4.69, 9.17) is 9.40 Å². The van der Waals surface area contributed by atoms with Gasteiger partial charge >= 0.3 is 0 Å². The zero-order valence-electron chi connectivity index (χ0n) is 14.0. The Morgan fingerprint density at radius 2 is 1.56 bits per heavy atom. The second-order valence-corrected chi connectivity index (χ2v) is 5.84. The maximum absolute atomic E-state index is 5.83. The van der Waals surface area contributed by atoms with E-state index in [0.29, 0.717) is 17.5 Å². The van der Waals surface area contributed by atoms with Gasteiger partial charge in [0.1, 0.15) is 5.69 Å². The molecule has 0 aliphatic heterocycles. The van der Waals surface area contributed by atoms with E-state index in [0.717, 1.165) is 22.5 Å². The summed E-state index contributed by atoms with van der Waals surface area (Å²) in [6.45, 7) is 3.94. The van der Waals surface area contributed by atoms with Crippen LogP contribution < -0.4 is 0 Å². The van der Waals surface area contributed by atoms with Crippen molar-refractivity contribution >= 4 is 0 Å². The average Bonchev–Trinajstić information content (AvgIpc) is 3.13. The molecule has 0 atom stereocenters. The summed E-state index contributed by atoms with van der Waals surface area (Å²) in [6.07, 6.45) is 1.77. The van der Waals surface area contributed by atoms with E-state index in [1.807, 2.05) is 49.4 Å². The molecule has 0 fully saturated rings. The van der Waals surface area contributed by atoms with Gasteiger partial charge in [-0.25, -0.2) is 4.98 Å². The van der Waals surface area contributed by atoms with Crippen molar-refractivity contribution in [2.24, 2.45) is 0 Å². The third kappa shape index (κ3) is 3.04. The van der Waals surface area contributed by atoms with Crippen LogP contribution >= 0.6 is 0 Å². The van der Waals surface area contributed by atoms with Gasteiger partial charge in [-0.05, 0) is 32.0 Å². The lowest BCUT2D eigenvalue weighted by Gasteiger charge is -2.05. The van der Waals surface area contributed by atoms with Crippen LogP contribution in [0.5, 0.6) is 0 Å². The Labute approximate surface area is 145 Å². The molecule has 0 unspecified atom stereocenters. The van der Waals surface area contributed by atoms with Crippen molar-refractivity contribution in [1.29, 1.82) is 0 Å². The minimum Gasteiger partial charge on any atom is -0.415 e. The molecule has 2 aromatic heterocycles. The Bertz CT molecular complexity index is 1020. The van der Waals surface area contributed by atoms with Gasteiger partial charge in [-0.1, -0.05) is 42.0 Å². The van der Waals surface area contributed by atoms with E-state index < -0.39 is 0 Å². The van der Waals surface area contributed by atoms with Crippen LogP contribution in [-0.2, 0) is 0 Å². The lowest BCUT2D eigenvalue weighted by atomic mass is 10.1. The van der Waals surface area contributed by atoms with Crippen LogP contribution in [0.2, 0.25) is 0 Å². The number of hydrogen-bond donors (Lipinski definition) is 0. The van der Waals surface area contributed by atoms with Gasteiger partial charge in [-0.3, -0.25) is 4.98 Å². The predicted octanol–water partition coefficient (Wildman–Crippen LogP) is 4.48. The van der Waals surface area contributed by atoms with Gasteiger partial charge in [0.2, 0.25) is 5.89 Å². The molecule has 25 heavy (non-hydrogen) atoms. The molecule has 0 amide bonds. The van der Waals surface area contributed by atoms with Crippen LogP contribution in [0.15, 0.2) is 65.2 Å². The number of hydrogen-bond acceptors (Lipinski definition) is 5. The molecule has 2 aromatic carbocycles. The standard InChI is InChI=1S/C20H16N4O/c1-13-7-6-10-16(11-13)17-12-21-14(2)18(22-17)20-24-23-19(25-20)15-8-4-3-5-9-15/h3-12H,1-2H3. The summed E-state index contributed by atoms with van der Waals surface area (Å²) >= 11 is 0. The zero-order valence-corrected chi connectivity index (χ0v) is 14.0. The molecule has 2 heterocycles. The molecule has 5 heteroatoms. The van der Waals surface area contributed by atoms with Crippen LogP contribution in [0, 0.1) is 13.8 Å². The topological polar surface area (TPSA) is 64.7 Å². The van der Waals surface area contributed by atoms with Gasteiger partial charge in [0, 0.05) is 11.1 Å². The molecule has 122 valence electrons. The highest BCUT2D eigenvalue weighted by Crippen LogP contribution is 2.26. The Morgan fingerprint density at radius 1 is 0.800 bits per heavy atom. The normalized spacial score (nSPS) is 10.8. The fourth-order valence-electron chi connectivity index (χ4n) is 2.61. The van der Waals surface area contributed by atoms with Crippen molar-refractivity contribution in [1.82, 2.24) is 20.2 Å². The second-order valence-electron chi connectivity index (χ2n) is 5.84. The first-order chi connectivity index (χ1) is 12.2. The summed E-state index contributed by atoms with van der Waals surface area (Å²) in [4.78, 5) is 9.16. The zero-order chi connectivity index (χ0) is 17.2. The van der Waals surface area contributed by atoms with Crippen LogP contribution in [0.3, 0.4) is 0 Å². The van der Waals surface area contributed by atoms with Crippen molar-refractivity contribution in [2.45, 2.75) is 13.8 Å². The maximum Gasteiger partial charge on any atom is 0.268 e. The van der Waals surface area contributed by atoms with Crippen LogP contribution in [-0.4, -0.2) is 20.2 Å². The van der Waals surface area contributed by atoms with Crippen molar-refractivity contribution in [3.05, 3.63) is 72.1 Å². The average molecular weight is 328 g/mol. The molecule has 0 saturated heterocycles. The first-order valence-electron chi connectivity index (χ1n) is 8.01. The third-order valence-corrected chi connectivity index (χ3v) is 3.92. The summed E-state index contributed by atoms with van der Waals surface area (Å²) in [5.41, 5.74) is 5.20. The SMILES string of the molecule is Cc1cccc(-c2cnc(C)c(-c3nnc(-c4ccccc4)o3)n2)c1. The Hall–Kier alpha value is -3.34. The summed E-state index contributed by atoms with van der Waals surface area (Å²) < 4.78 is 5.83. The number of aryl methyl sites for hydroxylation is 2. The first-order valence-corrected chi connectivity index (χ1v) is 8.01. The largest absolute Gasteiger partial charge is 0.415 e. The highest BCUT2D eigenvalue weighted by atomic mass is 16.4. The lowest BCUT2D eigenvalue weighted by molar-refractivity contribution is 0.581. The quantitative estimate of drug-likeness (QED) is 0.555. The highest BCUT2D eigenvalue weighted by molar-refractivity contribution is 5.63. The summed E-state index contributed by atoms with van der Waals surface area (Å²) in [5.74, 6) is 0.844. The van der Waals surface area contributed by atoms with Crippen molar-refractivity contribution < 1.29 is 4.42 Å². The Morgan fingerprint density at radius 3 is 2.36 bits per heavy atom.